The van der Waals surface area contributed by atoms with E-state index < -0.39 is 17.7 Å². The quantitative estimate of drug-likeness (QED) is 0.256. The van der Waals surface area contributed by atoms with Gasteiger partial charge in [-0.3, -0.25) is 14.5 Å². The maximum absolute atomic E-state index is 14.1. The van der Waals surface area contributed by atoms with Gasteiger partial charge >= 0.3 is 0 Å². The molecule has 198 valence electrons. The molecule has 0 fully saturated rings. The normalized spacial score (nSPS) is 15.8. The second kappa shape index (κ2) is 10.3. The Hall–Kier alpha value is -4.03. The van der Waals surface area contributed by atoms with Crippen LogP contribution in [0.4, 0.5) is 5.69 Å². The van der Waals surface area contributed by atoms with Crippen LogP contribution >= 0.6 is 11.3 Å². The van der Waals surface area contributed by atoms with E-state index in [1.54, 1.807) is 6.92 Å². The van der Waals surface area contributed by atoms with E-state index in [4.69, 9.17) is 0 Å². The Bertz CT molecular complexity index is 1560. The molecule has 0 saturated carbocycles. The second-order valence-electron chi connectivity index (χ2n) is 10.9. The Balaban J connectivity index is 1.61. The number of carbonyl (C=O) groups is 2. The van der Waals surface area contributed by atoms with E-state index in [2.05, 4.69) is 32.7 Å². The molecule has 2 heterocycles. The van der Waals surface area contributed by atoms with E-state index in [0.717, 1.165) is 33.7 Å². The van der Waals surface area contributed by atoms with Crippen LogP contribution in [0.15, 0.2) is 90.2 Å². The molecule has 1 amide bonds. The number of aryl methyl sites for hydroxylation is 2. The van der Waals surface area contributed by atoms with Crippen molar-refractivity contribution < 1.29 is 14.7 Å². The largest absolute Gasteiger partial charge is 0.503 e. The van der Waals surface area contributed by atoms with Crippen LogP contribution in [-0.4, -0.2) is 21.8 Å². The molecule has 6 heteroatoms. The number of aliphatic hydroxyl groups excluding tert-OH is 1. The summed E-state index contributed by atoms with van der Waals surface area (Å²) >= 11 is 1.28. The Labute approximate surface area is 233 Å². The lowest BCUT2D eigenvalue weighted by molar-refractivity contribution is -0.117. The molecule has 1 unspecified atom stereocenters. The van der Waals surface area contributed by atoms with Crippen molar-refractivity contribution in [2.45, 2.75) is 52.5 Å². The van der Waals surface area contributed by atoms with Crippen LogP contribution in [-0.2, 0) is 16.6 Å². The van der Waals surface area contributed by atoms with Crippen molar-refractivity contribution >= 4 is 28.7 Å². The van der Waals surface area contributed by atoms with Gasteiger partial charge in [0.15, 0.2) is 5.76 Å². The number of benzene rings is 3. The van der Waals surface area contributed by atoms with Gasteiger partial charge in [0.1, 0.15) is 5.01 Å². The van der Waals surface area contributed by atoms with Gasteiger partial charge in [-0.2, -0.15) is 0 Å². The first-order valence-corrected chi connectivity index (χ1v) is 14.0. The molecule has 0 radical (unpaired) electrons. The summed E-state index contributed by atoms with van der Waals surface area (Å²) in [5.74, 6) is -1.48. The minimum Gasteiger partial charge on any atom is -0.503 e. The summed E-state index contributed by atoms with van der Waals surface area (Å²) in [5, 5.41) is 11.9. The number of aromatic nitrogens is 1. The lowest BCUT2D eigenvalue weighted by Gasteiger charge is -2.28. The average Bonchev–Trinajstić information content (AvgIpc) is 3.45. The van der Waals surface area contributed by atoms with Gasteiger partial charge in [0.2, 0.25) is 5.78 Å². The predicted octanol–water partition coefficient (Wildman–Crippen LogP) is 7.76. The Morgan fingerprint density at radius 1 is 0.974 bits per heavy atom. The fourth-order valence-electron chi connectivity index (χ4n) is 4.91. The molecule has 1 aromatic heterocycles. The van der Waals surface area contributed by atoms with Gasteiger partial charge in [-0.25, -0.2) is 4.98 Å². The third-order valence-electron chi connectivity index (χ3n) is 7.19. The fraction of sp³-hybridized carbons (Fsp3) is 0.242. The number of rotatable bonds is 6. The van der Waals surface area contributed by atoms with Gasteiger partial charge in [0, 0.05) is 11.3 Å². The lowest BCUT2D eigenvalue weighted by Crippen LogP contribution is -2.31. The molecule has 0 saturated heterocycles. The Morgan fingerprint density at radius 2 is 1.62 bits per heavy atom. The summed E-state index contributed by atoms with van der Waals surface area (Å²) in [4.78, 5) is 34.3. The minimum absolute atomic E-state index is 0.0510. The van der Waals surface area contributed by atoms with Crippen LogP contribution in [0.3, 0.4) is 0 Å². The van der Waals surface area contributed by atoms with Crippen LogP contribution in [0.1, 0.15) is 65.8 Å². The van der Waals surface area contributed by atoms with Crippen molar-refractivity contribution in [3.05, 3.63) is 117 Å². The number of thiazole rings is 1. The monoisotopic (exact) mass is 536 g/mol. The van der Waals surface area contributed by atoms with Crippen molar-refractivity contribution in [2.75, 3.05) is 4.90 Å². The van der Waals surface area contributed by atoms with E-state index in [-0.39, 0.29) is 16.8 Å². The molecule has 1 aliphatic rings. The molecule has 1 aliphatic heterocycles. The zero-order chi connectivity index (χ0) is 27.9. The Kier molecular flexibility index (Phi) is 7.00. The van der Waals surface area contributed by atoms with Gasteiger partial charge in [-0.05, 0) is 47.6 Å². The first kappa shape index (κ1) is 26.6. The van der Waals surface area contributed by atoms with Crippen molar-refractivity contribution in [3.63, 3.8) is 0 Å². The summed E-state index contributed by atoms with van der Waals surface area (Å²) in [5.41, 5.74) is 5.18. The standard InChI is InChI=1S/C33H32N2O3S/c1-6-21-12-14-22(15-13-21)27-26(28(36)30-20(2)34-31(39-30)23-10-8-7-9-11-23)29(37)32(38)35(27)25-18-16-24(17-19-25)33(3,4)5/h7-19,27,37H,6H2,1-5H3. The maximum Gasteiger partial charge on any atom is 0.294 e. The number of Topliss-reactive ketones (excluding diaryl/α,β-unsaturated/α-hetero) is 1. The maximum atomic E-state index is 14.1. The molecule has 1 N–H and O–H groups in total. The zero-order valence-electron chi connectivity index (χ0n) is 22.9. The number of amides is 1. The van der Waals surface area contributed by atoms with E-state index in [1.807, 2.05) is 78.9 Å². The SMILES string of the molecule is CCc1ccc(C2C(C(=O)c3sc(-c4ccccc4)nc3C)=C(O)C(=O)N2c2ccc(C(C)(C)C)cc2)cc1. The van der Waals surface area contributed by atoms with E-state index >= 15 is 0 Å². The number of carbonyl (C=O) groups excluding carboxylic acids is 2. The summed E-state index contributed by atoms with van der Waals surface area (Å²) < 4.78 is 0. The van der Waals surface area contributed by atoms with E-state index in [9.17, 15) is 14.7 Å². The van der Waals surface area contributed by atoms with Crippen LogP contribution in [0, 0.1) is 6.92 Å². The molecule has 0 spiro atoms. The third kappa shape index (κ3) is 4.92. The highest BCUT2D eigenvalue weighted by Gasteiger charge is 2.45. The summed E-state index contributed by atoms with van der Waals surface area (Å²) in [6, 6.07) is 24.6. The van der Waals surface area contributed by atoms with Gasteiger partial charge in [-0.1, -0.05) is 94.4 Å². The van der Waals surface area contributed by atoms with E-state index in [1.165, 1.54) is 16.2 Å². The highest BCUT2D eigenvalue weighted by atomic mass is 32.1. The first-order chi connectivity index (χ1) is 18.6. The molecule has 0 bridgehead atoms. The van der Waals surface area contributed by atoms with E-state index in [0.29, 0.717) is 16.3 Å². The van der Waals surface area contributed by atoms with Crippen LogP contribution in [0.25, 0.3) is 10.6 Å². The molecule has 1 atom stereocenters. The number of anilines is 1. The number of hydrogen-bond acceptors (Lipinski definition) is 5. The molecular formula is C33H32N2O3S. The van der Waals surface area contributed by atoms with Crippen LogP contribution in [0.5, 0.6) is 0 Å². The summed E-state index contributed by atoms with van der Waals surface area (Å²) in [7, 11) is 0. The zero-order valence-corrected chi connectivity index (χ0v) is 23.7. The predicted molar refractivity (Wildman–Crippen MR) is 157 cm³/mol. The topological polar surface area (TPSA) is 70.5 Å². The number of aliphatic hydroxyl groups is 1. The van der Waals surface area contributed by atoms with Crippen molar-refractivity contribution in [2.24, 2.45) is 0 Å². The number of nitrogens with zero attached hydrogens (tertiary/aromatic N) is 2. The third-order valence-corrected chi connectivity index (χ3v) is 8.40. The van der Waals surface area contributed by atoms with Crippen molar-refractivity contribution in [1.82, 2.24) is 4.98 Å². The van der Waals surface area contributed by atoms with Gasteiger partial charge in [-0.15, -0.1) is 11.3 Å². The first-order valence-electron chi connectivity index (χ1n) is 13.1. The minimum atomic E-state index is -0.766. The van der Waals surface area contributed by atoms with Crippen LogP contribution in [0.2, 0.25) is 0 Å². The smallest absolute Gasteiger partial charge is 0.294 e. The molecule has 0 aliphatic carbocycles. The molecule has 39 heavy (non-hydrogen) atoms. The highest BCUT2D eigenvalue weighted by Crippen LogP contribution is 2.43. The summed E-state index contributed by atoms with van der Waals surface area (Å²) in [6.07, 6.45) is 0.872. The van der Waals surface area contributed by atoms with Crippen molar-refractivity contribution in [1.29, 1.82) is 0 Å². The van der Waals surface area contributed by atoms with Gasteiger partial charge < -0.3 is 5.11 Å². The highest BCUT2D eigenvalue weighted by molar-refractivity contribution is 7.17. The number of ketones is 1. The van der Waals surface area contributed by atoms with Crippen molar-refractivity contribution in [3.8, 4) is 10.6 Å². The molecule has 3 aromatic carbocycles. The summed E-state index contributed by atoms with van der Waals surface area (Å²) in [6.45, 7) is 10.3. The average molecular weight is 537 g/mol. The molecular weight excluding hydrogens is 504 g/mol. The van der Waals surface area contributed by atoms with Gasteiger partial charge in [0.25, 0.3) is 5.91 Å². The molecule has 5 rings (SSSR count). The van der Waals surface area contributed by atoms with Gasteiger partial charge in [0.05, 0.1) is 22.2 Å². The molecule has 4 aromatic rings. The number of hydrogen-bond donors (Lipinski definition) is 1. The molecule has 5 nitrogen and oxygen atoms in total. The second-order valence-corrected chi connectivity index (χ2v) is 11.9. The Morgan fingerprint density at radius 3 is 2.21 bits per heavy atom. The van der Waals surface area contributed by atoms with Crippen LogP contribution < -0.4 is 4.90 Å². The fourth-order valence-corrected chi connectivity index (χ4v) is 5.94. The lowest BCUT2D eigenvalue weighted by atomic mass is 9.87.